The number of pyridine rings is 1. The smallest absolute Gasteiger partial charge is 0.400 e. The SMILES string of the molecule is CC(C)C(N(c1cccs1)S(=O)O)P(=O)(O)Oc1cccnc1Cl. The van der Waals surface area contributed by atoms with Crippen molar-refractivity contribution in [2.45, 2.75) is 19.6 Å². The van der Waals surface area contributed by atoms with Gasteiger partial charge in [0.05, 0.1) is 0 Å². The Morgan fingerprint density at radius 3 is 2.62 bits per heavy atom. The first-order chi connectivity index (χ1) is 11.2. The van der Waals surface area contributed by atoms with Crippen LogP contribution in [0.15, 0.2) is 35.8 Å². The molecule has 3 atom stereocenters. The van der Waals surface area contributed by atoms with Gasteiger partial charge in [-0.1, -0.05) is 25.4 Å². The highest BCUT2D eigenvalue weighted by Crippen LogP contribution is 2.54. The molecule has 2 rings (SSSR count). The molecule has 0 saturated heterocycles. The van der Waals surface area contributed by atoms with Gasteiger partial charge in [-0.05, 0) is 35.6 Å². The topological polar surface area (TPSA) is 100.0 Å². The summed E-state index contributed by atoms with van der Waals surface area (Å²) in [6.07, 6.45) is 1.41. The number of hydrogen-bond donors (Lipinski definition) is 2. The fourth-order valence-electron chi connectivity index (χ4n) is 2.11. The van der Waals surface area contributed by atoms with Crippen molar-refractivity contribution in [1.82, 2.24) is 4.98 Å². The Balaban J connectivity index is 2.43. The Hall–Kier alpha value is -0.960. The van der Waals surface area contributed by atoms with Crippen LogP contribution in [0.5, 0.6) is 5.75 Å². The maximum absolute atomic E-state index is 12.9. The van der Waals surface area contributed by atoms with Gasteiger partial charge >= 0.3 is 7.60 Å². The zero-order chi connectivity index (χ0) is 17.9. The third-order valence-electron chi connectivity index (χ3n) is 3.02. The summed E-state index contributed by atoms with van der Waals surface area (Å²) in [5, 5.41) is 2.01. The Morgan fingerprint density at radius 1 is 1.42 bits per heavy atom. The second-order valence-electron chi connectivity index (χ2n) is 5.11. The van der Waals surface area contributed by atoms with Crippen molar-refractivity contribution in [3.8, 4) is 5.75 Å². The van der Waals surface area contributed by atoms with Crippen molar-refractivity contribution in [1.29, 1.82) is 0 Å². The Morgan fingerprint density at radius 2 is 2.12 bits per heavy atom. The average molecular weight is 411 g/mol. The summed E-state index contributed by atoms with van der Waals surface area (Å²) in [7, 11) is -4.40. The molecule has 2 aromatic rings. The van der Waals surface area contributed by atoms with Crippen LogP contribution in [-0.4, -0.2) is 24.4 Å². The molecule has 0 amide bonds. The largest absolute Gasteiger partial charge is 0.420 e. The molecule has 2 aromatic heterocycles. The fraction of sp³-hybridized carbons (Fsp3) is 0.308. The van der Waals surface area contributed by atoms with Gasteiger partial charge in [0.25, 0.3) is 11.3 Å². The van der Waals surface area contributed by atoms with Crippen molar-refractivity contribution in [3.63, 3.8) is 0 Å². The number of hydrogen-bond acceptors (Lipinski definition) is 5. The molecular formula is C13H16ClN2O5PS2. The number of halogens is 1. The van der Waals surface area contributed by atoms with E-state index in [0.717, 1.165) is 4.31 Å². The van der Waals surface area contributed by atoms with Gasteiger partial charge in [-0.3, -0.25) is 4.55 Å². The van der Waals surface area contributed by atoms with E-state index in [1.807, 2.05) is 0 Å². The Labute approximate surface area is 151 Å². The molecular weight excluding hydrogens is 395 g/mol. The lowest BCUT2D eigenvalue weighted by Gasteiger charge is -2.33. The Kier molecular flexibility index (Phi) is 6.41. The lowest BCUT2D eigenvalue weighted by atomic mass is 10.2. The molecule has 0 radical (unpaired) electrons. The Bertz CT molecular complexity index is 759. The van der Waals surface area contributed by atoms with Gasteiger partial charge in [-0.2, -0.15) is 0 Å². The van der Waals surface area contributed by atoms with Crippen molar-refractivity contribution in [2.24, 2.45) is 5.92 Å². The maximum atomic E-state index is 12.9. The molecule has 3 unspecified atom stereocenters. The van der Waals surface area contributed by atoms with Crippen LogP contribution in [0.25, 0.3) is 0 Å². The van der Waals surface area contributed by atoms with Crippen LogP contribution in [0, 0.1) is 5.92 Å². The number of rotatable bonds is 7. The van der Waals surface area contributed by atoms with Gasteiger partial charge < -0.3 is 9.42 Å². The summed E-state index contributed by atoms with van der Waals surface area (Å²) in [6.45, 7) is 3.32. The maximum Gasteiger partial charge on any atom is 0.400 e. The van der Waals surface area contributed by atoms with Crippen molar-refractivity contribution >= 4 is 46.8 Å². The third-order valence-corrected chi connectivity index (χ3v) is 7.15. The van der Waals surface area contributed by atoms with E-state index in [9.17, 15) is 18.2 Å². The summed E-state index contributed by atoms with van der Waals surface area (Å²) >= 11 is 4.53. The molecule has 11 heteroatoms. The summed E-state index contributed by atoms with van der Waals surface area (Å²) in [5.74, 6) is -1.78. The molecule has 2 heterocycles. The molecule has 0 bridgehead atoms. The van der Waals surface area contributed by atoms with Gasteiger partial charge in [-0.25, -0.2) is 18.1 Å². The third kappa shape index (κ3) is 4.36. The van der Waals surface area contributed by atoms with Crippen LogP contribution in [-0.2, 0) is 15.8 Å². The first-order valence-electron chi connectivity index (χ1n) is 6.80. The highest BCUT2D eigenvalue weighted by Gasteiger charge is 2.44. The van der Waals surface area contributed by atoms with Crippen LogP contribution in [0.1, 0.15) is 13.8 Å². The average Bonchev–Trinajstić information content (AvgIpc) is 2.99. The first kappa shape index (κ1) is 19.4. The number of nitrogens with zero attached hydrogens (tertiary/aromatic N) is 2. The van der Waals surface area contributed by atoms with Crippen LogP contribution in [0.2, 0.25) is 5.15 Å². The lowest BCUT2D eigenvalue weighted by Crippen LogP contribution is -2.40. The normalized spacial score (nSPS) is 16.4. The highest BCUT2D eigenvalue weighted by molar-refractivity contribution is 7.81. The molecule has 2 N–H and O–H groups in total. The van der Waals surface area contributed by atoms with Gasteiger partial charge in [-0.15, -0.1) is 11.3 Å². The van der Waals surface area contributed by atoms with Crippen LogP contribution in [0.4, 0.5) is 5.00 Å². The van der Waals surface area contributed by atoms with E-state index in [1.165, 1.54) is 29.7 Å². The molecule has 132 valence electrons. The van der Waals surface area contributed by atoms with Gasteiger partial charge in [0.1, 0.15) is 5.00 Å². The van der Waals surface area contributed by atoms with E-state index in [-0.39, 0.29) is 10.9 Å². The molecule has 0 saturated carbocycles. The van der Waals surface area contributed by atoms with Crippen LogP contribution >= 0.6 is 30.5 Å². The number of thiophene rings is 1. The van der Waals surface area contributed by atoms with E-state index in [1.54, 1.807) is 31.4 Å². The molecule has 0 fully saturated rings. The van der Waals surface area contributed by atoms with Gasteiger partial charge in [0.15, 0.2) is 16.7 Å². The van der Waals surface area contributed by atoms with Gasteiger partial charge in [0.2, 0.25) is 0 Å². The minimum atomic E-state index is -4.40. The van der Waals surface area contributed by atoms with E-state index < -0.39 is 30.6 Å². The van der Waals surface area contributed by atoms with Crippen LogP contribution < -0.4 is 8.83 Å². The summed E-state index contributed by atoms with van der Waals surface area (Å²) in [6, 6.07) is 6.18. The molecule has 0 aliphatic carbocycles. The van der Waals surface area contributed by atoms with E-state index in [2.05, 4.69) is 4.98 Å². The fourth-order valence-corrected chi connectivity index (χ4v) is 6.31. The minimum Gasteiger partial charge on any atom is -0.420 e. The van der Waals surface area contributed by atoms with Crippen molar-refractivity contribution in [2.75, 3.05) is 4.31 Å². The second-order valence-corrected chi connectivity index (χ2v) is 9.09. The van der Waals surface area contributed by atoms with E-state index in [4.69, 9.17) is 16.1 Å². The molecule has 0 aliphatic heterocycles. The highest BCUT2D eigenvalue weighted by atomic mass is 35.5. The van der Waals surface area contributed by atoms with E-state index in [0.29, 0.717) is 5.00 Å². The molecule has 0 spiro atoms. The van der Waals surface area contributed by atoms with Crippen molar-refractivity contribution < 1.29 is 22.7 Å². The molecule has 7 nitrogen and oxygen atoms in total. The number of aromatic nitrogens is 1. The lowest BCUT2D eigenvalue weighted by molar-refractivity contribution is 0.349. The second kappa shape index (κ2) is 7.95. The molecule has 0 aromatic carbocycles. The standard InChI is InChI=1S/C13H16ClN2O5PS2/c1-9(2)13(16(24(19)20)11-6-4-8-23-11)22(17,18)21-10-5-3-7-15-12(10)14/h3-9,13H,1-2H3,(H,17,18)(H,19,20). The predicted molar refractivity (Wildman–Crippen MR) is 95.9 cm³/mol. The predicted octanol–water partition coefficient (Wildman–Crippen LogP) is 3.99. The monoisotopic (exact) mass is 410 g/mol. The summed E-state index contributed by atoms with van der Waals surface area (Å²) < 4.78 is 40.6. The summed E-state index contributed by atoms with van der Waals surface area (Å²) in [5.41, 5.74) is 0. The van der Waals surface area contributed by atoms with Gasteiger partial charge in [0, 0.05) is 6.20 Å². The number of anilines is 1. The zero-order valence-corrected chi connectivity index (χ0v) is 16.1. The molecule has 0 aliphatic rings. The minimum absolute atomic E-state index is 0.0644. The zero-order valence-electron chi connectivity index (χ0n) is 12.8. The van der Waals surface area contributed by atoms with Crippen LogP contribution in [0.3, 0.4) is 0 Å². The molecule has 24 heavy (non-hydrogen) atoms. The van der Waals surface area contributed by atoms with E-state index >= 15 is 0 Å². The summed E-state index contributed by atoms with van der Waals surface area (Å²) in [4.78, 5) is 14.3. The quantitative estimate of drug-likeness (QED) is 0.406. The first-order valence-corrected chi connectivity index (χ1v) is 10.8. The van der Waals surface area contributed by atoms with Crippen molar-refractivity contribution in [3.05, 3.63) is 41.0 Å².